The Morgan fingerprint density at radius 2 is 2.00 bits per heavy atom. The number of ether oxygens (including phenoxy) is 1. The van der Waals surface area contributed by atoms with Gasteiger partial charge < -0.3 is 9.30 Å². The molecule has 0 radical (unpaired) electrons. The van der Waals surface area contributed by atoms with Crippen LogP contribution in [0.1, 0.15) is 25.8 Å². The van der Waals surface area contributed by atoms with Crippen LogP contribution in [0.25, 0.3) is 10.2 Å². The first-order valence-corrected chi connectivity index (χ1v) is 8.80. The highest BCUT2D eigenvalue weighted by Gasteiger charge is 2.24. The van der Waals surface area contributed by atoms with Gasteiger partial charge in [0.25, 0.3) is 0 Å². The van der Waals surface area contributed by atoms with Gasteiger partial charge in [0.2, 0.25) is 0 Å². The number of nitrogens with zero attached hydrogens (tertiary/aromatic N) is 2. The maximum absolute atomic E-state index is 11.7. The van der Waals surface area contributed by atoms with Gasteiger partial charge in [0, 0.05) is 19.1 Å². The lowest BCUT2D eigenvalue weighted by Crippen LogP contribution is -2.49. The van der Waals surface area contributed by atoms with E-state index >= 15 is 0 Å². The Morgan fingerprint density at radius 3 is 2.73 bits per heavy atom. The number of hydrogen-bond acceptors (Lipinski definition) is 4. The van der Waals surface area contributed by atoms with Gasteiger partial charge >= 0.3 is 4.87 Å². The van der Waals surface area contributed by atoms with E-state index in [1.54, 1.807) is 4.57 Å². The van der Waals surface area contributed by atoms with Crippen LogP contribution in [0.4, 0.5) is 0 Å². The zero-order valence-corrected chi connectivity index (χ0v) is 14.4. The highest BCUT2D eigenvalue weighted by molar-refractivity contribution is 7.16. The number of morpholine rings is 1. The molecule has 1 saturated heterocycles. The lowest BCUT2D eigenvalue weighted by Gasteiger charge is -2.38. The van der Waals surface area contributed by atoms with Crippen LogP contribution in [0.2, 0.25) is 0 Å². The van der Waals surface area contributed by atoms with Crippen molar-refractivity contribution in [3.8, 4) is 0 Å². The third-order valence-corrected chi connectivity index (χ3v) is 5.58. The molecule has 0 spiro atoms. The first-order valence-electron chi connectivity index (χ1n) is 7.98. The molecule has 2 atom stereocenters. The standard InChI is InChI=1S/C17H24N2O2S/c1-12-10-21-11-13(2)19(12)8-4-5-14-6-7-15-16(9-14)22-17(20)18(15)3/h6-7,9,12-13H,4-5,8,10-11H2,1-3H3. The average molecular weight is 320 g/mol. The summed E-state index contributed by atoms with van der Waals surface area (Å²) < 4.78 is 8.40. The molecule has 3 rings (SSSR count). The van der Waals surface area contributed by atoms with E-state index in [0.717, 1.165) is 42.8 Å². The molecule has 22 heavy (non-hydrogen) atoms. The van der Waals surface area contributed by atoms with E-state index in [0.29, 0.717) is 12.1 Å². The summed E-state index contributed by atoms with van der Waals surface area (Å²) in [6.07, 6.45) is 2.20. The zero-order chi connectivity index (χ0) is 15.7. The minimum atomic E-state index is 0.114. The molecule has 1 aliphatic heterocycles. The van der Waals surface area contributed by atoms with Crippen molar-refractivity contribution in [3.05, 3.63) is 33.4 Å². The summed E-state index contributed by atoms with van der Waals surface area (Å²) in [5, 5.41) is 0. The molecule has 0 aliphatic carbocycles. The van der Waals surface area contributed by atoms with Crippen LogP contribution < -0.4 is 4.87 Å². The van der Waals surface area contributed by atoms with Gasteiger partial charge in [-0.05, 0) is 50.9 Å². The van der Waals surface area contributed by atoms with E-state index in [-0.39, 0.29) is 4.87 Å². The first kappa shape index (κ1) is 15.7. The Morgan fingerprint density at radius 1 is 1.27 bits per heavy atom. The summed E-state index contributed by atoms with van der Waals surface area (Å²) in [4.78, 5) is 14.4. The second kappa shape index (κ2) is 6.52. The molecule has 120 valence electrons. The van der Waals surface area contributed by atoms with Crippen LogP contribution in [-0.2, 0) is 18.2 Å². The Kier molecular flexibility index (Phi) is 4.66. The van der Waals surface area contributed by atoms with Crippen molar-refractivity contribution in [1.82, 2.24) is 9.47 Å². The molecule has 1 aromatic carbocycles. The van der Waals surface area contributed by atoms with Gasteiger partial charge in [-0.2, -0.15) is 0 Å². The molecule has 1 aliphatic rings. The molecule has 2 heterocycles. The Labute approximate surface area is 135 Å². The summed E-state index contributed by atoms with van der Waals surface area (Å²) in [5.41, 5.74) is 2.36. The first-order chi connectivity index (χ1) is 10.6. The van der Waals surface area contributed by atoms with Gasteiger partial charge in [-0.15, -0.1) is 0 Å². The number of aryl methyl sites for hydroxylation is 2. The van der Waals surface area contributed by atoms with Crippen molar-refractivity contribution < 1.29 is 4.74 Å². The number of aromatic nitrogens is 1. The fourth-order valence-corrected chi connectivity index (χ4v) is 4.22. The molecule has 2 unspecified atom stereocenters. The fourth-order valence-electron chi connectivity index (χ4n) is 3.28. The molecule has 1 fully saturated rings. The van der Waals surface area contributed by atoms with E-state index in [9.17, 15) is 4.79 Å². The number of rotatable bonds is 4. The molecule has 0 saturated carbocycles. The smallest absolute Gasteiger partial charge is 0.307 e. The lowest BCUT2D eigenvalue weighted by atomic mass is 10.1. The largest absolute Gasteiger partial charge is 0.378 e. The predicted octanol–water partition coefficient (Wildman–Crippen LogP) is 2.64. The SMILES string of the molecule is CC1COCC(C)N1CCCc1ccc2c(c1)sc(=O)n2C. The van der Waals surface area contributed by atoms with Gasteiger partial charge in [0.05, 0.1) is 23.4 Å². The van der Waals surface area contributed by atoms with Crippen LogP contribution in [-0.4, -0.2) is 41.3 Å². The molecule has 5 heteroatoms. The quantitative estimate of drug-likeness (QED) is 0.868. The van der Waals surface area contributed by atoms with E-state index in [1.807, 2.05) is 7.05 Å². The van der Waals surface area contributed by atoms with Crippen molar-refractivity contribution in [3.63, 3.8) is 0 Å². The number of hydrogen-bond donors (Lipinski definition) is 0. The molecule has 1 aromatic heterocycles. The third-order valence-electron chi connectivity index (χ3n) is 4.59. The summed E-state index contributed by atoms with van der Waals surface area (Å²) in [6.45, 7) is 7.27. The highest BCUT2D eigenvalue weighted by Crippen LogP contribution is 2.20. The van der Waals surface area contributed by atoms with E-state index < -0.39 is 0 Å². The van der Waals surface area contributed by atoms with Crippen LogP contribution >= 0.6 is 11.3 Å². The topological polar surface area (TPSA) is 34.5 Å². The van der Waals surface area contributed by atoms with Crippen molar-refractivity contribution >= 4 is 21.6 Å². The number of fused-ring (bicyclic) bond motifs is 1. The summed E-state index contributed by atoms with van der Waals surface area (Å²) >= 11 is 1.34. The van der Waals surface area contributed by atoms with Gasteiger partial charge in [-0.1, -0.05) is 17.4 Å². The number of thiazole rings is 1. The van der Waals surface area contributed by atoms with Gasteiger partial charge in [-0.25, -0.2) is 0 Å². The molecule has 4 nitrogen and oxygen atoms in total. The fraction of sp³-hybridized carbons (Fsp3) is 0.588. The normalized spacial score (nSPS) is 23.2. The number of benzene rings is 1. The summed E-state index contributed by atoms with van der Waals surface area (Å²) in [5.74, 6) is 0. The Bertz CT molecular complexity index is 696. The molecular weight excluding hydrogens is 296 g/mol. The Hall–Kier alpha value is -1.17. The second-order valence-corrected chi connectivity index (χ2v) is 7.30. The van der Waals surface area contributed by atoms with Crippen LogP contribution in [0, 0.1) is 0 Å². The second-order valence-electron chi connectivity index (χ2n) is 6.31. The van der Waals surface area contributed by atoms with Crippen LogP contribution in [0.15, 0.2) is 23.0 Å². The summed E-state index contributed by atoms with van der Waals surface area (Å²) in [6, 6.07) is 7.41. The molecular formula is C17H24N2O2S. The zero-order valence-electron chi connectivity index (χ0n) is 13.5. The summed E-state index contributed by atoms with van der Waals surface area (Å²) in [7, 11) is 1.84. The van der Waals surface area contributed by atoms with Crippen molar-refractivity contribution in [2.24, 2.45) is 7.05 Å². The molecule has 0 bridgehead atoms. The Balaban J connectivity index is 1.63. The highest BCUT2D eigenvalue weighted by atomic mass is 32.1. The van der Waals surface area contributed by atoms with Crippen molar-refractivity contribution in [2.45, 2.75) is 38.8 Å². The van der Waals surface area contributed by atoms with Crippen molar-refractivity contribution in [2.75, 3.05) is 19.8 Å². The van der Waals surface area contributed by atoms with Crippen LogP contribution in [0.5, 0.6) is 0 Å². The molecule has 2 aromatic rings. The minimum Gasteiger partial charge on any atom is -0.378 e. The molecule has 0 amide bonds. The van der Waals surface area contributed by atoms with Gasteiger partial charge in [0.1, 0.15) is 0 Å². The predicted molar refractivity (Wildman–Crippen MR) is 91.8 cm³/mol. The molecule has 0 N–H and O–H groups in total. The maximum Gasteiger partial charge on any atom is 0.307 e. The third kappa shape index (κ3) is 3.12. The maximum atomic E-state index is 11.7. The van der Waals surface area contributed by atoms with Gasteiger partial charge in [0.15, 0.2) is 0 Å². The van der Waals surface area contributed by atoms with E-state index in [4.69, 9.17) is 4.74 Å². The van der Waals surface area contributed by atoms with E-state index in [1.165, 1.54) is 16.9 Å². The van der Waals surface area contributed by atoms with Crippen molar-refractivity contribution in [1.29, 1.82) is 0 Å². The lowest BCUT2D eigenvalue weighted by molar-refractivity contribution is -0.0368. The monoisotopic (exact) mass is 320 g/mol. The van der Waals surface area contributed by atoms with E-state index in [2.05, 4.69) is 36.9 Å². The van der Waals surface area contributed by atoms with Gasteiger partial charge in [-0.3, -0.25) is 9.69 Å². The van der Waals surface area contributed by atoms with Crippen LogP contribution in [0.3, 0.4) is 0 Å². The average Bonchev–Trinajstić information content (AvgIpc) is 2.77. The minimum absolute atomic E-state index is 0.114.